The Kier molecular flexibility index (Phi) is 4.38. The van der Waals surface area contributed by atoms with Gasteiger partial charge in [0.25, 0.3) is 0 Å². The minimum Gasteiger partial charge on any atom is -0.372 e. The van der Waals surface area contributed by atoms with Gasteiger partial charge >= 0.3 is 0 Å². The molecule has 0 aliphatic carbocycles. The standard InChI is InChI=1S/C15H26N4O/c1-2-6-17-7-5-10-19-13(12-17)11-14(16-19)15(20)18-8-3-4-9-18/h11,15,20H,2-10,12H2,1H3. The minimum absolute atomic E-state index is 0.517. The van der Waals surface area contributed by atoms with Crippen molar-refractivity contribution < 1.29 is 5.11 Å². The third-order valence-corrected chi connectivity index (χ3v) is 4.40. The molecule has 2 aliphatic heterocycles. The fourth-order valence-electron chi connectivity index (χ4n) is 3.36. The predicted molar refractivity (Wildman–Crippen MR) is 78.2 cm³/mol. The second-order valence-corrected chi connectivity index (χ2v) is 6.03. The van der Waals surface area contributed by atoms with Gasteiger partial charge < -0.3 is 5.11 Å². The molecule has 0 amide bonds. The molecule has 1 fully saturated rings. The average Bonchev–Trinajstić information content (AvgIpc) is 3.06. The molecule has 5 heteroatoms. The number of rotatable bonds is 4. The van der Waals surface area contributed by atoms with Crippen LogP contribution < -0.4 is 0 Å². The summed E-state index contributed by atoms with van der Waals surface area (Å²) >= 11 is 0. The smallest absolute Gasteiger partial charge is 0.152 e. The van der Waals surface area contributed by atoms with Gasteiger partial charge in [0.1, 0.15) is 5.69 Å². The molecule has 1 unspecified atom stereocenters. The van der Waals surface area contributed by atoms with E-state index in [1.54, 1.807) is 0 Å². The van der Waals surface area contributed by atoms with Gasteiger partial charge in [-0.3, -0.25) is 14.5 Å². The number of aliphatic hydroxyl groups excluding tert-OH is 1. The van der Waals surface area contributed by atoms with E-state index in [0.29, 0.717) is 0 Å². The molecule has 0 spiro atoms. The van der Waals surface area contributed by atoms with Gasteiger partial charge in [-0.15, -0.1) is 0 Å². The molecule has 0 saturated carbocycles. The Morgan fingerprint density at radius 2 is 2.00 bits per heavy atom. The maximum atomic E-state index is 10.4. The van der Waals surface area contributed by atoms with Gasteiger partial charge in [0.05, 0.1) is 5.69 Å². The zero-order valence-electron chi connectivity index (χ0n) is 12.5. The van der Waals surface area contributed by atoms with Gasteiger partial charge in [-0.2, -0.15) is 5.10 Å². The quantitative estimate of drug-likeness (QED) is 0.908. The van der Waals surface area contributed by atoms with E-state index in [9.17, 15) is 5.11 Å². The molecule has 1 aromatic heterocycles. The predicted octanol–water partition coefficient (Wildman–Crippen LogP) is 1.59. The van der Waals surface area contributed by atoms with E-state index < -0.39 is 6.23 Å². The van der Waals surface area contributed by atoms with E-state index in [2.05, 4.69) is 32.6 Å². The van der Waals surface area contributed by atoms with Crippen LogP contribution in [0.15, 0.2) is 6.07 Å². The Bertz CT molecular complexity index is 439. The fraction of sp³-hybridized carbons (Fsp3) is 0.800. The molecule has 0 bridgehead atoms. The van der Waals surface area contributed by atoms with Gasteiger partial charge in [0.15, 0.2) is 6.23 Å². The van der Waals surface area contributed by atoms with Crippen LogP contribution in [0, 0.1) is 0 Å². The third-order valence-electron chi connectivity index (χ3n) is 4.40. The lowest BCUT2D eigenvalue weighted by Crippen LogP contribution is -2.26. The molecular weight excluding hydrogens is 252 g/mol. The third kappa shape index (κ3) is 2.90. The molecule has 0 radical (unpaired) electrons. The Morgan fingerprint density at radius 1 is 1.20 bits per heavy atom. The highest BCUT2D eigenvalue weighted by Gasteiger charge is 2.25. The van der Waals surface area contributed by atoms with E-state index in [-0.39, 0.29) is 0 Å². The van der Waals surface area contributed by atoms with Crippen LogP contribution in [0.5, 0.6) is 0 Å². The van der Waals surface area contributed by atoms with Crippen molar-refractivity contribution >= 4 is 0 Å². The van der Waals surface area contributed by atoms with Crippen LogP contribution in [-0.2, 0) is 13.1 Å². The SMILES string of the molecule is CCCN1CCCn2nc(C(O)N3CCCC3)cc2C1. The Labute approximate surface area is 121 Å². The van der Waals surface area contributed by atoms with Crippen molar-refractivity contribution in [3.05, 3.63) is 17.5 Å². The molecular formula is C15H26N4O. The fourth-order valence-corrected chi connectivity index (χ4v) is 3.36. The molecule has 1 saturated heterocycles. The van der Waals surface area contributed by atoms with Crippen LogP contribution in [-0.4, -0.2) is 50.9 Å². The number of aliphatic hydroxyl groups is 1. The van der Waals surface area contributed by atoms with Crippen LogP contribution >= 0.6 is 0 Å². The molecule has 1 aromatic rings. The highest BCUT2D eigenvalue weighted by atomic mass is 16.3. The second-order valence-electron chi connectivity index (χ2n) is 6.03. The first-order valence-electron chi connectivity index (χ1n) is 7.99. The molecule has 5 nitrogen and oxygen atoms in total. The van der Waals surface area contributed by atoms with Crippen molar-refractivity contribution in [2.45, 2.75) is 51.9 Å². The Balaban J connectivity index is 1.74. The Hall–Kier alpha value is -0.910. The largest absolute Gasteiger partial charge is 0.372 e. The number of aromatic nitrogens is 2. The van der Waals surface area contributed by atoms with Crippen LogP contribution in [0.3, 0.4) is 0 Å². The molecule has 2 aliphatic rings. The van der Waals surface area contributed by atoms with Gasteiger partial charge in [0, 0.05) is 32.7 Å². The summed E-state index contributed by atoms with van der Waals surface area (Å²) < 4.78 is 2.10. The van der Waals surface area contributed by atoms with Crippen molar-refractivity contribution in [2.24, 2.45) is 0 Å². The minimum atomic E-state index is -0.517. The Morgan fingerprint density at radius 3 is 2.75 bits per heavy atom. The number of nitrogens with zero attached hydrogens (tertiary/aromatic N) is 4. The zero-order valence-corrected chi connectivity index (χ0v) is 12.5. The lowest BCUT2D eigenvalue weighted by atomic mass is 10.3. The molecule has 112 valence electrons. The van der Waals surface area contributed by atoms with Crippen molar-refractivity contribution in [3.8, 4) is 0 Å². The number of fused-ring (bicyclic) bond motifs is 1. The maximum Gasteiger partial charge on any atom is 0.152 e. The lowest BCUT2D eigenvalue weighted by Gasteiger charge is -2.20. The number of likely N-dealkylation sites (tertiary alicyclic amines) is 1. The number of hydrogen-bond donors (Lipinski definition) is 1. The summed E-state index contributed by atoms with van der Waals surface area (Å²) in [7, 11) is 0. The summed E-state index contributed by atoms with van der Waals surface area (Å²) in [5.74, 6) is 0. The molecule has 1 atom stereocenters. The topological polar surface area (TPSA) is 44.5 Å². The monoisotopic (exact) mass is 278 g/mol. The van der Waals surface area contributed by atoms with Crippen molar-refractivity contribution in [1.29, 1.82) is 0 Å². The molecule has 3 heterocycles. The van der Waals surface area contributed by atoms with E-state index >= 15 is 0 Å². The van der Waals surface area contributed by atoms with Crippen LogP contribution in [0.2, 0.25) is 0 Å². The van der Waals surface area contributed by atoms with Crippen LogP contribution in [0.25, 0.3) is 0 Å². The molecule has 3 rings (SSSR count). The van der Waals surface area contributed by atoms with Crippen molar-refractivity contribution in [2.75, 3.05) is 26.2 Å². The van der Waals surface area contributed by atoms with E-state index in [0.717, 1.165) is 51.4 Å². The summed E-state index contributed by atoms with van der Waals surface area (Å²) in [6, 6.07) is 2.11. The first-order valence-corrected chi connectivity index (χ1v) is 7.99. The summed E-state index contributed by atoms with van der Waals surface area (Å²) in [6.45, 7) is 8.45. The van der Waals surface area contributed by atoms with Gasteiger partial charge in [-0.1, -0.05) is 6.92 Å². The van der Waals surface area contributed by atoms with E-state index in [1.807, 2.05) is 0 Å². The second kappa shape index (κ2) is 6.24. The number of hydrogen-bond acceptors (Lipinski definition) is 4. The van der Waals surface area contributed by atoms with Gasteiger partial charge in [0.2, 0.25) is 0 Å². The van der Waals surface area contributed by atoms with Crippen LogP contribution in [0.1, 0.15) is 50.2 Å². The van der Waals surface area contributed by atoms with E-state index in [1.165, 1.54) is 25.0 Å². The summed E-state index contributed by atoms with van der Waals surface area (Å²) in [6.07, 6.45) is 4.20. The highest BCUT2D eigenvalue weighted by molar-refractivity contribution is 5.13. The van der Waals surface area contributed by atoms with Crippen LogP contribution in [0.4, 0.5) is 0 Å². The first-order chi connectivity index (χ1) is 9.78. The molecule has 20 heavy (non-hydrogen) atoms. The maximum absolute atomic E-state index is 10.4. The van der Waals surface area contributed by atoms with Gasteiger partial charge in [-0.25, -0.2) is 0 Å². The van der Waals surface area contributed by atoms with Gasteiger partial charge in [-0.05, 0) is 38.3 Å². The zero-order chi connectivity index (χ0) is 13.9. The summed E-state index contributed by atoms with van der Waals surface area (Å²) in [5, 5.41) is 15.1. The van der Waals surface area contributed by atoms with Crippen molar-refractivity contribution in [1.82, 2.24) is 19.6 Å². The van der Waals surface area contributed by atoms with E-state index in [4.69, 9.17) is 0 Å². The normalized spacial score (nSPS) is 22.7. The molecule has 0 aromatic carbocycles. The molecule has 1 N–H and O–H groups in total. The summed E-state index contributed by atoms with van der Waals surface area (Å²) in [4.78, 5) is 4.62. The average molecular weight is 278 g/mol. The summed E-state index contributed by atoms with van der Waals surface area (Å²) in [5.41, 5.74) is 2.09. The lowest BCUT2D eigenvalue weighted by molar-refractivity contribution is 0.0150. The first kappa shape index (κ1) is 14.0. The highest BCUT2D eigenvalue weighted by Crippen LogP contribution is 2.24. The number of aryl methyl sites for hydroxylation is 1. The van der Waals surface area contributed by atoms with Crippen molar-refractivity contribution in [3.63, 3.8) is 0 Å².